The third-order valence-corrected chi connectivity index (χ3v) is 4.76. The van der Waals surface area contributed by atoms with Crippen molar-refractivity contribution < 1.29 is 18.0 Å². The molecule has 0 radical (unpaired) electrons. The predicted molar refractivity (Wildman–Crippen MR) is 100 cm³/mol. The quantitative estimate of drug-likeness (QED) is 0.739. The molecule has 148 valence electrons. The fourth-order valence-corrected chi connectivity index (χ4v) is 3.23. The fraction of sp³-hybridized carbons (Fsp3) is 0.588. The van der Waals surface area contributed by atoms with Crippen molar-refractivity contribution in [2.75, 3.05) is 38.5 Å². The number of halogens is 5. The second-order valence-electron chi connectivity index (χ2n) is 6.35. The lowest BCUT2D eigenvalue weighted by molar-refractivity contribution is -0.137. The number of carbonyl (C=O) groups excluding carboxylic acids is 1. The number of alkyl halides is 3. The van der Waals surface area contributed by atoms with Crippen molar-refractivity contribution in [3.63, 3.8) is 0 Å². The molecule has 0 aromatic heterocycles. The topological polar surface area (TPSA) is 44.4 Å². The van der Waals surface area contributed by atoms with Gasteiger partial charge in [0, 0.05) is 5.69 Å². The first-order chi connectivity index (χ1) is 11.8. The molecule has 1 fully saturated rings. The number of carbonyl (C=O) groups is 1. The second-order valence-corrected chi connectivity index (χ2v) is 6.76. The monoisotopic (exact) mass is 413 g/mol. The zero-order chi connectivity index (χ0) is 18.4. The van der Waals surface area contributed by atoms with E-state index in [0.717, 1.165) is 51.0 Å². The highest BCUT2D eigenvalue weighted by atomic mass is 35.5. The molecule has 26 heavy (non-hydrogen) atoms. The molecule has 2 N–H and O–H groups in total. The molecular formula is C17H24Cl2F3N3O. The molecule has 0 unspecified atom stereocenters. The lowest BCUT2D eigenvalue weighted by Crippen LogP contribution is -2.39. The van der Waals surface area contributed by atoms with Crippen LogP contribution in [0.1, 0.15) is 24.8 Å². The summed E-state index contributed by atoms with van der Waals surface area (Å²) in [7, 11) is 1.93. The summed E-state index contributed by atoms with van der Waals surface area (Å²) >= 11 is 5.58. The number of nitrogens with one attached hydrogen (secondary N) is 2. The van der Waals surface area contributed by atoms with E-state index in [1.807, 2.05) is 11.9 Å². The molecule has 1 saturated heterocycles. The fourth-order valence-electron chi connectivity index (χ4n) is 3.01. The number of hydrogen-bond donors (Lipinski definition) is 2. The molecule has 1 aromatic carbocycles. The molecule has 1 amide bonds. The summed E-state index contributed by atoms with van der Waals surface area (Å²) in [4.78, 5) is 14.1. The van der Waals surface area contributed by atoms with Gasteiger partial charge >= 0.3 is 6.18 Å². The minimum atomic E-state index is -4.55. The van der Waals surface area contributed by atoms with Crippen LogP contribution in [0.5, 0.6) is 0 Å². The van der Waals surface area contributed by atoms with Gasteiger partial charge in [-0.05, 0) is 70.1 Å². The second kappa shape index (κ2) is 10.3. The largest absolute Gasteiger partial charge is 0.417 e. The summed E-state index contributed by atoms with van der Waals surface area (Å²) in [6, 6.07) is 3.39. The Balaban J connectivity index is 0.00000338. The third kappa shape index (κ3) is 6.95. The Kier molecular flexibility index (Phi) is 9.16. The van der Waals surface area contributed by atoms with Crippen LogP contribution in [0.25, 0.3) is 0 Å². The van der Waals surface area contributed by atoms with Crippen LogP contribution in [0, 0.1) is 5.92 Å². The van der Waals surface area contributed by atoms with E-state index in [1.54, 1.807) is 0 Å². The van der Waals surface area contributed by atoms with Crippen molar-refractivity contribution in [3.8, 4) is 0 Å². The highest BCUT2D eigenvalue weighted by molar-refractivity contribution is 6.31. The minimum absolute atomic E-state index is 0. The third-order valence-electron chi connectivity index (χ3n) is 4.43. The van der Waals surface area contributed by atoms with Crippen molar-refractivity contribution in [2.45, 2.75) is 25.4 Å². The first-order valence-corrected chi connectivity index (χ1v) is 8.71. The van der Waals surface area contributed by atoms with Gasteiger partial charge in [0.25, 0.3) is 0 Å². The first kappa shape index (κ1) is 23.0. The highest BCUT2D eigenvalue weighted by Gasteiger charge is 2.33. The molecular weight excluding hydrogens is 390 g/mol. The van der Waals surface area contributed by atoms with Crippen molar-refractivity contribution >= 4 is 35.6 Å². The van der Waals surface area contributed by atoms with Gasteiger partial charge in [-0.2, -0.15) is 13.2 Å². The molecule has 1 aliphatic rings. The maximum atomic E-state index is 12.9. The van der Waals surface area contributed by atoms with E-state index in [4.69, 9.17) is 11.6 Å². The lowest BCUT2D eigenvalue weighted by atomic mass is 9.93. The van der Waals surface area contributed by atoms with Gasteiger partial charge in [0.2, 0.25) is 5.91 Å². The van der Waals surface area contributed by atoms with Crippen LogP contribution in [0.15, 0.2) is 18.2 Å². The van der Waals surface area contributed by atoms with Crippen molar-refractivity contribution in [3.05, 3.63) is 28.8 Å². The Morgan fingerprint density at radius 3 is 2.54 bits per heavy atom. The number of hydrogen-bond acceptors (Lipinski definition) is 3. The molecule has 0 atom stereocenters. The van der Waals surface area contributed by atoms with E-state index in [-0.39, 0.29) is 35.6 Å². The normalized spacial score (nSPS) is 16.2. The molecule has 0 spiro atoms. The van der Waals surface area contributed by atoms with E-state index >= 15 is 0 Å². The van der Waals surface area contributed by atoms with Crippen LogP contribution in [-0.2, 0) is 11.0 Å². The summed E-state index contributed by atoms with van der Waals surface area (Å²) in [5.74, 6) is 0.349. The maximum absolute atomic E-state index is 12.9. The first-order valence-electron chi connectivity index (χ1n) is 8.33. The van der Waals surface area contributed by atoms with Crippen molar-refractivity contribution in [2.24, 2.45) is 5.92 Å². The summed E-state index contributed by atoms with van der Waals surface area (Å²) in [6.45, 7) is 2.83. The molecule has 1 aromatic rings. The number of rotatable bonds is 6. The van der Waals surface area contributed by atoms with Gasteiger partial charge in [0.15, 0.2) is 0 Å². The maximum Gasteiger partial charge on any atom is 0.417 e. The Labute approximate surface area is 162 Å². The van der Waals surface area contributed by atoms with Crippen molar-refractivity contribution in [1.82, 2.24) is 10.2 Å². The van der Waals surface area contributed by atoms with Crippen LogP contribution < -0.4 is 10.6 Å². The van der Waals surface area contributed by atoms with Crippen LogP contribution >= 0.6 is 24.0 Å². The number of likely N-dealkylation sites (tertiary alicyclic amines) is 1. The number of piperidine rings is 1. The Hall–Kier alpha value is -1.02. The van der Waals surface area contributed by atoms with Gasteiger partial charge in [-0.1, -0.05) is 11.6 Å². The molecule has 0 bridgehead atoms. The SMILES string of the molecule is CNCCC1CCN(CC(=O)Nc2ccc(Cl)c(C(F)(F)F)c2)CC1.Cl. The average molecular weight is 414 g/mol. The summed E-state index contributed by atoms with van der Waals surface area (Å²) in [5, 5.41) is 5.28. The molecule has 1 aliphatic heterocycles. The summed E-state index contributed by atoms with van der Waals surface area (Å²) in [5.41, 5.74) is -0.844. The van der Waals surface area contributed by atoms with Gasteiger partial charge < -0.3 is 10.6 Å². The van der Waals surface area contributed by atoms with E-state index in [1.165, 1.54) is 6.07 Å². The average Bonchev–Trinajstić information content (AvgIpc) is 2.55. The smallest absolute Gasteiger partial charge is 0.325 e. The van der Waals surface area contributed by atoms with E-state index in [2.05, 4.69) is 10.6 Å². The van der Waals surface area contributed by atoms with E-state index < -0.39 is 11.7 Å². The van der Waals surface area contributed by atoms with E-state index in [0.29, 0.717) is 5.92 Å². The van der Waals surface area contributed by atoms with Gasteiger partial charge in [0.05, 0.1) is 17.1 Å². The molecule has 4 nitrogen and oxygen atoms in total. The zero-order valence-electron chi connectivity index (χ0n) is 14.5. The van der Waals surface area contributed by atoms with Crippen LogP contribution in [0.2, 0.25) is 5.02 Å². The van der Waals surface area contributed by atoms with Crippen LogP contribution in [0.3, 0.4) is 0 Å². The number of amides is 1. The summed E-state index contributed by atoms with van der Waals surface area (Å²) < 4.78 is 38.6. The minimum Gasteiger partial charge on any atom is -0.325 e. The highest BCUT2D eigenvalue weighted by Crippen LogP contribution is 2.36. The van der Waals surface area contributed by atoms with Gasteiger partial charge in [-0.15, -0.1) is 12.4 Å². The van der Waals surface area contributed by atoms with Gasteiger partial charge in [-0.25, -0.2) is 0 Å². The van der Waals surface area contributed by atoms with Gasteiger partial charge in [0.1, 0.15) is 0 Å². The molecule has 9 heteroatoms. The lowest BCUT2D eigenvalue weighted by Gasteiger charge is -2.31. The van der Waals surface area contributed by atoms with Gasteiger partial charge in [-0.3, -0.25) is 9.69 Å². The molecule has 2 rings (SSSR count). The molecule has 0 saturated carbocycles. The zero-order valence-corrected chi connectivity index (χ0v) is 16.1. The Morgan fingerprint density at radius 2 is 1.96 bits per heavy atom. The standard InChI is InChI=1S/C17H23ClF3N3O.ClH/c1-22-7-4-12-5-8-24(9-6-12)11-16(25)23-13-2-3-15(18)14(10-13)17(19,20)21;/h2-3,10,12,22H,4-9,11H2,1H3,(H,23,25);1H. The predicted octanol–water partition coefficient (Wildman–Crippen LogP) is 4.04. The molecule has 0 aliphatic carbocycles. The summed E-state index contributed by atoms with van der Waals surface area (Å²) in [6.07, 6.45) is -1.35. The Bertz CT molecular complexity index is 591. The Morgan fingerprint density at radius 1 is 1.31 bits per heavy atom. The van der Waals surface area contributed by atoms with Crippen LogP contribution in [-0.4, -0.2) is 44.0 Å². The van der Waals surface area contributed by atoms with Crippen molar-refractivity contribution in [1.29, 1.82) is 0 Å². The number of anilines is 1. The van der Waals surface area contributed by atoms with Crippen LogP contribution in [0.4, 0.5) is 18.9 Å². The molecule has 1 heterocycles. The number of benzene rings is 1. The van der Waals surface area contributed by atoms with E-state index in [9.17, 15) is 18.0 Å². The number of nitrogens with zero attached hydrogens (tertiary/aromatic N) is 1.